The van der Waals surface area contributed by atoms with Crippen LogP contribution in [0.15, 0.2) is 17.7 Å². The van der Waals surface area contributed by atoms with Crippen molar-refractivity contribution in [1.82, 2.24) is 0 Å². The quantitative estimate of drug-likeness (QED) is 0.386. The number of hydrogen-bond acceptors (Lipinski definition) is 0. The number of hydrogen-bond donors (Lipinski definition) is 0. The minimum Gasteiger partial charge on any atom is -0.677 e. The Kier molecular flexibility index (Phi) is 44.8. The van der Waals surface area contributed by atoms with Gasteiger partial charge in [0.1, 0.15) is 0 Å². The van der Waals surface area contributed by atoms with Crippen LogP contribution in [0.25, 0.3) is 17.2 Å². The minimum absolute atomic E-state index is 0. The zero-order valence-corrected chi connectivity index (χ0v) is 16.7. The van der Waals surface area contributed by atoms with Gasteiger partial charge in [0.25, 0.3) is 0 Å². The Morgan fingerprint density at radius 3 is 1.32 bits per heavy atom. The van der Waals surface area contributed by atoms with Crippen molar-refractivity contribution in [3.63, 3.8) is 0 Å². The molecule has 0 aliphatic heterocycles. The van der Waals surface area contributed by atoms with Crippen LogP contribution >= 0.6 is 0 Å². The van der Waals surface area contributed by atoms with Crippen LogP contribution in [0.2, 0.25) is 0 Å². The van der Waals surface area contributed by atoms with Gasteiger partial charge < -0.3 is 17.2 Å². The summed E-state index contributed by atoms with van der Waals surface area (Å²) < 4.78 is 0. The van der Waals surface area contributed by atoms with Gasteiger partial charge in [-0.25, -0.2) is 11.6 Å². The van der Waals surface area contributed by atoms with Crippen LogP contribution < -0.4 is 0 Å². The maximum atomic E-state index is 6.45. The molecule has 0 fully saturated rings. The van der Waals surface area contributed by atoms with Crippen LogP contribution in [0.5, 0.6) is 0 Å². The molecule has 1 aliphatic carbocycles. The third-order valence-electron chi connectivity index (χ3n) is 1.62. The van der Waals surface area contributed by atoms with E-state index in [-0.39, 0.29) is 25.8 Å². The molecule has 1 rings (SSSR count). The van der Waals surface area contributed by atoms with E-state index in [1.54, 1.807) is 0 Å². The van der Waals surface area contributed by atoms with E-state index in [0.29, 0.717) is 19.6 Å². The molecule has 0 amide bonds. The third kappa shape index (κ3) is 45.9. The number of allylic oxidation sites excluding steroid dienone is 4. The molecule has 0 radical (unpaired) electrons. The van der Waals surface area contributed by atoms with Crippen molar-refractivity contribution in [2.45, 2.75) is 53.4 Å². The van der Waals surface area contributed by atoms with Gasteiger partial charge in [-0.3, -0.25) is 6.08 Å². The van der Waals surface area contributed by atoms with Crippen LogP contribution in [0, 0.1) is 6.08 Å². The van der Waals surface area contributed by atoms with E-state index in [9.17, 15) is 0 Å². The first-order valence-corrected chi connectivity index (χ1v) is 6.82. The zero-order valence-electron chi connectivity index (χ0n) is 13.1. The van der Waals surface area contributed by atoms with Gasteiger partial charge in [0.05, 0.1) is 0 Å². The maximum absolute atomic E-state index is 6.45. The average Bonchev–Trinajstić information content (AvgIpc) is 2.90. The fraction of sp³-hybridized carbons (Fsp3) is 0.733. The van der Waals surface area contributed by atoms with E-state index < -0.39 is 0 Å². The number of nitrogens with one attached hydrogen (secondary N) is 3. The van der Waals surface area contributed by atoms with Gasteiger partial charge in [-0.05, 0) is 0 Å². The Morgan fingerprint density at radius 2 is 1.26 bits per heavy atom. The van der Waals surface area contributed by atoms with Crippen molar-refractivity contribution in [3.05, 3.63) is 41.0 Å². The SMILES string of the molecule is CC1=[C-]CC=C1.CCC[NH-].CCC[NH-].CCC[NH-].[Hf+4]. The Hall–Kier alpha value is 0.230. The summed E-state index contributed by atoms with van der Waals surface area (Å²) in [4.78, 5) is 0. The van der Waals surface area contributed by atoms with E-state index in [1.807, 2.05) is 20.8 Å². The predicted molar refractivity (Wildman–Crippen MR) is 84.6 cm³/mol. The fourth-order valence-electron chi connectivity index (χ4n) is 0.515. The van der Waals surface area contributed by atoms with Crippen LogP contribution in [0.1, 0.15) is 53.4 Å². The first kappa shape index (κ1) is 27.6. The van der Waals surface area contributed by atoms with Gasteiger partial charge >= 0.3 is 25.8 Å². The topological polar surface area (TPSA) is 71.4 Å². The summed E-state index contributed by atoms with van der Waals surface area (Å²) in [6, 6.07) is 0. The van der Waals surface area contributed by atoms with Gasteiger partial charge in [-0.2, -0.15) is 25.7 Å². The van der Waals surface area contributed by atoms with Crippen LogP contribution in [-0.4, -0.2) is 19.6 Å². The third-order valence-corrected chi connectivity index (χ3v) is 1.62. The first-order valence-electron chi connectivity index (χ1n) is 6.82. The molecule has 0 bridgehead atoms. The second-order valence-corrected chi connectivity index (χ2v) is 3.72. The molecule has 3 N–H and O–H groups in total. The molecular formula is C15H31HfN3. The average molecular weight is 432 g/mol. The van der Waals surface area contributed by atoms with Gasteiger partial charge in [-0.1, -0.05) is 47.0 Å². The van der Waals surface area contributed by atoms with Crippen LogP contribution in [-0.2, 0) is 25.8 Å². The molecule has 4 heteroatoms. The smallest absolute Gasteiger partial charge is 0.677 e. The summed E-state index contributed by atoms with van der Waals surface area (Å²) in [5.41, 5.74) is 20.6. The molecular weight excluding hydrogens is 401 g/mol. The molecule has 0 aromatic heterocycles. The first-order chi connectivity index (χ1) is 8.64. The van der Waals surface area contributed by atoms with E-state index in [4.69, 9.17) is 17.2 Å². The predicted octanol–water partition coefficient (Wildman–Crippen LogP) is 6.04. The normalized spacial score (nSPS) is 10.6. The molecule has 0 unspecified atom stereocenters. The molecule has 0 saturated heterocycles. The molecule has 1 aliphatic rings. The number of rotatable bonds is 3. The molecule has 0 atom stereocenters. The van der Waals surface area contributed by atoms with Crippen molar-refractivity contribution in [1.29, 1.82) is 0 Å². The molecule has 0 spiro atoms. The van der Waals surface area contributed by atoms with Gasteiger partial charge in [0, 0.05) is 0 Å². The largest absolute Gasteiger partial charge is 4.00 e. The zero-order chi connectivity index (χ0) is 14.6. The van der Waals surface area contributed by atoms with Crippen molar-refractivity contribution in [2.75, 3.05) is 19.6 Å². The molecule has 19 heavy (non-hydrogen) atoms. The van der Waals surface area contributed by atoms with Crippen LogP contribution in [0.4, 0.5) is 0 Å². The van der Waals surface area contributed by atoms with Gasteiger partial charge in [0.15, 0.2) is 0 Å². The molecule has 3 nitrogen and oxygen atoms in total. The van der Waals surface area contributed by atoms with E-state index in [1.165, 1.54) is 5.57 Å². The van der Waals surface area contributed by atoms with Crippen molar-refractivity contribution < 1.29 is 25.8 Å². The van der Waals surface area contributed by atoms with Gasteiger partial charge in [0.2, 0.25) is 0 Å². The van der Waals surface area contributed by atoms with E-state index in [0.717, 1.165) is 25.7 Å². The monoisotopic (exact) mass is 433 g/mol. The Morgan fingerprint density at radius 1 is 0.947 bits per heavy atom. The van der Waals surface area contributed by atoms with Crippen molar-refractivity contribution >= 4 is 0 Å². The summed E-state index contributed by atoms with van der Waals surface area (Å²) in [5.74, 6) is 0. The Bertz CT molecular complexity index is 162. The van der Waals surface area contributed by atoms with E-state index in [2.05, 4.69) is 25.2 Å². The summed E-state index contributed by atoms with van der Waals surface area (Å²) in [6.07, 6.45) is 11.3. The Labute approximate surface area is 139 Å². The maximum Gasteiger partial charge on any atom is 4.00 e. The summed E-state index contributed by atoms with van der Waals surface area (Å²) in [5, 5.41) is 0. The standard InChI is InChI=1S/C6H7.3C3H8N.Hf/c1-6-4-2-3-5-6;3*1-2-3-4;/h2,4H,3H2,1H3;3*4H,2-3H2,1H3;/q4*-1;+4. The van der Waals surface area contributed by atoms with E-state index >= 15 is 0 Å². The molecule has 0 heterocycles. The molecule has 110 valence electrons. The Balaban J connectivity index is -0.0000000796. The summed E-state index contributed by atoms with van der Waals surface area (Å²) >= 11 is 0. The second-order valence-electron chi connectivity index (χ2n) is 3.72. The summed E-state index contributed by atoms with van der Waals surface area (Å²) in [6.45, 7) is 9.75. The second kappa shape index (κ2) is 30.9. The van der Waals surface area contributed by atoms with Crippen molar-refractivity contribution in [2.24, 2.45) is 0 Å². The van der Waals surface area contributed by atoms with Gasteiger partial charge in [-0.15, -0.1) is 6.42 Å². The molecule has 0 saturated carbocycles. The summed E-state index contributed by atoms with van der Waals surface area (Å²) in [7, 11) is 0. The van der Waals surface area contributed by atoms with Crippen molar-refractivity contribution in [3.8, 4) is 0 Å². The van der Waals surface area contributed by atoms with Crippen LogP contribution in [0.3, 0.4) is 0 Å². The molecule has 0 aromatic carbocycles. The minimum atomic E-state index is 0. The molecule has 0 aromatic rings. The fourth-order valence-corrected chi connectivity index (χ4v) is 0.515.